The van der Waals surface area contributed by atoms with Gasteiger partial charge in [0.1, 0.15) is 13.9 Å². The molecule has 0 amide bonds. The molecule has 2 saturated carbocycles. The number of halogens is 1. The number of benzene rings is 2. The van der Waals surface area contributed by atoms with Crippen molar-refractivity contribution in [2.75, 3.05) is 17.2 Å². The van der Waals surface area contributed by atoms with Crippen LogP contribution in [0, 0.1) is 28.1 Å². The highest BCUT2D eigenvalue weighted by atomic mass is 35.5. The van der Waals surface area contributed by atoms with E-state index in [-0.39, 0.29) is 5.41 Å². The van der Waals surface area contributed by atoms with Crippen molar-refractivity contribution in [3.8, 4) is 12.1 Å². The summed E-state index contributed by atoms with van der Waals surface area (Å²) in [6.45, 7) is 3.02. The number of fused-ring (bicyclic) bond motifs is 1. The fourth-order valence-corrected chi connectivity index (χ4v) is 5.57. The molecule has 0 spiro atoms. The Kier molecular flexibility index (Phi) is 6.30. The Morgan fingerprint density at radius 1 is 1.23 bits per heavy atom. The summed E-state index contributed by atoms with van der Waals surface area (Å²) in [4.78, 5) is 4.49. The Balaban J connectivity index is 1.43. The van der Waals surface area contributed by atoms with E-state index in [1.54, 1.807) is 24.4 Å². The Bertz CT molecular complexity index is 1570. The Labute approximate surface area is 234 Å². The van der Waals surface area contributed by atoms with Crippen LogP contribution in [0.5, 0.6) is 0 Å². The third-order valence-electron chi connectivity index (χ3n) is 8.04. The van der Waals surface area contributed by atoms with E-state index in [4.69, 9.17) is 19.4 Å². The molecule has 2 aromatic carbocycles. The molecule has 194 valence electrons. The smallest absolute Gasteiger partial charge is 0.119 e. The predicted molar refractivity (Wildman–Crippen MR) is 153 cm³/mol. The maximum Gasteiger partial charge on any atom is 0.119 e. The highest BCUT2D eigenvalue weighted by Gasteiger charge is 2.38. The molecule has 1 aromatic heterocycles. The van der Waals surface area contributed by atoms with Crippen molar-refractivity contribution in [1.82, 2.24) is 21.0 Å². The van der Waals surface area contributed by atoms with Crippen LogP contribution in [0.4, 0.5) is 11.4 Å². The molecule has 2 radical (unpaired) electrons. The fourth-order valence-electron chi connectivity index (χ4n) is 5.30. The molecule has 2 fully saturated rings. The van der Waals surface area contributed by atoms with Crippen molar-refractivity contribution in [2.24, 2.45) is 5.41 Å². The quantitative estimate of drug-likeness (QED) is 0.299. The Morgan fingerprint density at radius 3 is 2.74 bits per heavy atom. The molecule has 3 aromatic rings. The molecule has 8 nitrogen and oxygen atoms in total. The molecule has 1 atom stereocenters. The second-order valence-electron chi connectivity index (χ2n) is 11.1. The van der Waals surface area contributed by atoms with Gasteiger partial charge in [-0.15, -0.1) is 5.53 Å². The van der Waals surface area contributed by atoms with Crippen LogP contribution in [0.1, 0.15) is 55.7 Å². The van der Waals surface area contributed by atoms with Gasteiger partial charge in [0.25, 0.3) is 0 Å². The molecular weight excluding hydrogens is 507 g/mol. The zero-order chi connectivity index (χ0) is 27.2. The number of anilines is 2. The number of rotatable bonds is 8. The van der Waals surface area contributed by atoms with Gasteiger partial charge in [-0.25, -0.2) is 0 Å². The van der Waals surface area contributed by atoms with Gasteiger partial charge in [-0.3, -0.25) is 9.99 Å². The molecule has 1 unspecified atom stereocenters. The molecule has 4 N–H and O–H groups in total. The molecule has 3 aliphatic rings. The SMILES string of the molecule is [B]C(Nc1cc(Cl)c2ncc(C#N)c(NCC3(C)CCC3)c2c1)(C1=CN(C2CC2)NN1)c1cccc(C#N)c1. The monoisotopic (exact) mass is 534 g/mol. The minimum Gasteiger partial charge on any atom is -0.383 e. The molecule has 10 heteroatoms. The van der Waals surface area contributed by atoms with Gasteiger partial charge < -0.3 is 16.1 Å². The van der Waals surface area contributed by atoms with Crippen molar-refractivity contribution < 1.29 is 0 Å². The maximum atomic E-state index is 9.87. The number of nitrogens with one attached hydrogen (secondary N) is 4. The molecule has 39 heavy (non-hydrogen) atoms. The van der Waals surface area contributed by atoms with Crippen LogP contribution in [-0.2, 0) is 5.44 Å². The predicted octanol–water partition coefficient (Wildman–Crippen LogP) is 5.00. The van der Waals surface area contributed by atoms with Crippen LogP contribution in [-0.4, -0.2) is 30.4 Å². The third-order valence-corrected chi connectivity index (χ3v) is 8.33. The number of aromatic nitrogens is 1. The van der Waals surface area contributed by atoms with Gasteiger partial charge >= 0.3 is 0 Å². The lowest BCUT2D eigenvalue weighted by atomic mass is 9.69. The van der Waals surface area contributed by atoms with E-state index in [2.05, 4.69) is 45.6 Å². The lowest BCUT2D eigenvalue weighted by Gasteiger charge is -2.39. The highest BCUT2D eigenvalue weighted by molar-refractivity contribution is 6.36. The van der Waals surface area contributed by atoms with E-state index in [9.17, 15) is 10.5 Å². The lowest BCUT2D eigenvalue weighted by Crippen LogP contribution is -2.45. The summed E-state index contributed by atoms with van der Waals surface area (Å²) in [6, 6.07) is 15.8. The van der Waals surface area contributed by atoms with Crippen LogP contribution in [0.3, 0.4) is 0 Å². The number of pyridine rings is 1. The van der Waals surface area contributed by atoms with E-state index in [0.717, 1.165) is 43.3 Å². The van der Waals surface area contributed by atoms with E-state index in [1.165, 1.54) is 6.42 Å². The molecule has 6 rings (SSSR count). The van der Waals surface area contributed by atoms with E-state index in [0.29, 0.717) is 44.7 Å². The molecule has 2 aliphatic carbocycles. The zero-order valence-corrected chi connectivity index (χ0v) is 22.4. The summed E-state index contributed by atoms with van der Waals surface area (Å²) in [5, 5.41) is 29.6. The van der Waals surface area contributed by atoms with Gasteiger partial charge in [0.15, 0.2) is 0 Å². The number of nitrogens with zero attached hydrogens (tertiary/aromatic N) is 4. The normalized spacial score (nSPS) is 19.2. The minimum atomic E-state index is -1.23. The fraction of sp³-hybridized carbons (Fsp3) is 0.345. The Morgan fingerprint density at radius 2 is 2.05 bits per heavy atom. The average molecular weight is 535 g/mol. The van der Waals surface area contributed by atoms with Crippen molar-refractivity contribution >= 4 is 41.7 Å². The van der Waals surface area contributed by atoms with Gasteiger partial charge in [0, 0.05) is 36.1 Å². The third kappa shape index (κ3) is 4.73. The largest absolute Gasteiger partial charge is 0.383 e. The lowest BCUT2D eigenvalue weighted by molar-refractivity contribution is 0.180. The number of hydrogen-bond acceptors (Lipinski definition) is 8. The summed E-state index contributed by atoms with van der Waals surface area (Å²) in [5.74, 6) is 0. The van der Waals surface area contributed by atoms with E-state index in [1.807, 2.05) is 29.4 Å². The van der Waals surface area contributed by atoms with Crippen LogP contribution in [0.2, 0.25) is 5.02 Å². The average Bonchev–Trinajstić information content (AvgIpc) is 3.66. The number of nitriles is 2. The molecule has 0 bridgehead atoms. The Hall–Kier alpha value is -3.92. The standard InChI is InChI=1S/C29H28BClN8/c1-28(8-3-9-28)17-35-26-19(14-33)15-34-27-23(26)11-21(12-24(27)31)36-29(30,20-5-2-4-18(10-20)13-32)25-16-39(38-37-25)22-6-7-22/h2,4-5,10-12,15-16,22,36-38H,3,6-9,17H2,1H3,(H,34,35). The van der Waals surface area contributed by atoms with Crippen molar-refractivity contribution in [3.63, 3.8) is 0 Å². The van der Waals surface area contributed by atoms with E-state index >= 15 is 0 Å². The summed E-state index contributed by atoms with van der Waals surface area (Å²) in [7, 11) is 7.15. The van der Waals surface area contributed by atoms with Crippen LogP contribution in [0.15, 0.2) is 54.5 Å². The molecular formula is C29H28BClN8. The first kappa shape index (κ1) is 25.4. The van der Waals surface area contributed by atoms with Gasteiger partial charge in [-0.1, -0.05) is 37.1 Å². The van der Waals surface area contributed by atoms with E-state index < -0.39 is 5.44 Å². The second kappa shape index (κ2) is 9.68. The van der Waals surface area contributed by atoms with Gasteiger partial charge in [-0.2, -0.15) is 10.5 Å². The summed E-state index contributed by atoms with van der Waals surface area (Å²) in [5.41, 5.74) is 9.74. The number of hydrazine groups is 2. The number of hydrogen-bond donors (Lipinski definition) is 4. The van der Waals surface area contributed by atoms with Crippen molar-refractivity contribution in [1.29, 1.82) is 10.5 Å². The van der Waals surface area contributed by atoms with Gasteiger partial charge in [0.05, 0.1) is 44.6 Å². The van der Waals surface area contributed by atoms with Gasteiger partial charge in [0.2, 0.25) is 0 Å². The first-order chi connectivity index (χ1) is 18.8. The molecule has 2 heterocycles. The molecule has 0 saturated heterocycles. The molecule has 1 aliphatic heterocycles. The minimum absolute atomic E-state index is 0.210. The summed E-state index contributed by atoms with van der Waals surface area (Å²) < 4.78 is 0. The van der Waals surface area contributed by atoms with Crippen LogP contribution >= 0.6 is 11.6 Å². The first-order valence-electron chi connectivity index (χ1n) is 13.2. The van der Waals surface area contributed by atoms with Crippen LogP contribution in [0.25, 0.3) is 10.9 Å². The topological polar surface area (TPSA) is 112 Å². The van der Waals surface area contributed by atoms with Crippen molar-refractivity contribution in [2.45, 2.75) is 50.5 Å². The maximum absolute atomic E-state index is 9.87. The van der Waals surface area contributed by atoms with Crippen molar-refractivity contribution in [3.05, 3.63) is 76.2 Å². The summed E-state index contributed by atoms with van der Waals surface area (Å²) in [6.07, 6.45) is 9.29. The van der Waals surface area contributed by atoms with Crippen LogP contribution < -0.4 is 21.6 Å². The highest BCUT2D eigenvalue weighted by Crippen LogP contribution is 2.42. The summed E-state index contributed by atoms with van der Waals surface area (Å²) >= 11 is 6.77. The zero-order valence-electron chi connectivity index (χ0n) is 21.7. The second-order valence-corrected chi connectivity index (χ2v) is 11.5. The first-order valence-corrected chi connectivity index (χ1v) is 13.6. The van der Waals surface area contributed by atoms with Gasteiger partial charge in [-0.05, 0) is 60.9 Å².